The number of hydrogen-bond donors (Lipinski definition) is 2. The van der Waals surface area contributed by atoms with E-state index in [0.717, 1.165) is 17.7 Å². The fourth-order valence-corrected chi connectivity index (χ4v) is 2.71. The quantitative estimate of drug-likeness (QED) is 0.603. The molecule has 0 amide bonds. The molecule has 3 rings (SSSR count). The molecule has 0 unspecified atom stereocenters. The van der Waals surface area contributed by atoms with Crippen LogP contribution in [-0.2, 0) is 12.7 Å². The Morgan fingerprint density at radius 2 is 1.89 bits per heavy atom. The van der Waals surface area contributed by atoms with E-state index in [4.69, 9.17) is 23.8 Å². The van der Waals surface area contributed by atoms with Gasteiger partial charge >= 0.3 is 6.18 Å². The highest BCUT2D eigenvalue weighted by Crippen LogP contribution is 2.30. The highest BCUT2D eigenvalue weighted by atomic mass is 35.5. The minimum atomic E-state index is -4.42. The molecule has 140 valence electrons. The van der Waals surface area contributed by atoms with Crippen LogP contribution in [0.5, 0.6) is 0 Å². The second-order valence-corrected chi connectivity index (χ2v) is 6.40. The monoisotopic (exact) mass is 411 g/mol. The Kier molecular flexibility index (Phi) is 5.62. The van der Waals surface area contributed by atoms with Crippen molar-refractivity contribution in [3.8, 4) is 0 Å². The van der Waals surface area contributed by atoms with Gasteiger partial charge in [0.2, 0.25) is 5.95 Å². The first-order valence-corrected chi connectivity index (χ1v) is 8.47. The lowest BCUT2D eigenvalue weighted by molar-refractivity contribution is -0.137. The summed E-state index contributed by atoms with van der Waals surface area (Å²) < 4.78 is 39.8. The van der Waals surface area contributed by atoms with Gasteiger partial charge in [-0.2, -0.15) is 13.2 Å². The van der Waals surface area contributed by atoms with Crippen LogP contribution in [0, 0.1) is 0 Å². The van der Waals surface area contributed by atoms with Crippen molar-refractivity contribution >= 4 is 40.6 Å². The van der Waals surface area contributed by atoms with Crippen molar-refractivity contribution in [3.63, 3.8) is 0 Å². The number of halogens is 4. The van der Waals surface area contributed by atoms with E-state index in [2.05, 4.69) is 20.7 Å². The lowest BCUT2D eigenvalue weighted by Crippen LogP contribution is -2.20. The minimum Gasteiger partial charge on any atom is -0.332 e. The molecule has 5 nitrogen and oxygen atoms in total. The predicted octanol–water partition coefficient (Wildman–Crippen LogP) is 4.81. The summed E-state index contributed by atoms with van der Waals surface area (Å²) in [5.74, 6) is 0.224. The van der Waals surface area contributed by atoms with Gasteiger partial charge < -0.3 is 5.32 Å². The molecule has 0 bridgehead atoms. The zero-order valence-corrected chi connectivity index (χ0v) is 15.2. The van der Waals surface area contributed by atoms with Crippen molar-refractivity contribution in [2.45, 2.75) is 12.7 Å². The fourth-order valence-electron chi connectivity index (χ4n) is 2.29. The summed E-state index contributed by atoms with van der Waals surface area (Å²) in [6.45, 7) is 0.461. The SMILES string of the molecule is FC(F)(F)c1cccc(NC(=S)Nc2ncn(Cc3cccc(Cl)c3)n2)c1. The number of nitrogens with zero attached hydrogens (tertiary/aromatic N) is 3. The lowest BCUT2D eigenvalue weighted by atomic mass is 10.2. The number of rotatable bonds is 4. The Balaban J connectivity index is 1.61. The van der Waals surface area contributed by atoms with Crippen LogP contribution in [0.25, 0.3) is 0 Å². The maximum Gasteiger partial charge on any atom is 0.416 e. The molecule has 0 saturated carbocycles. The van der Waals surface area contributed by atoms with E-state index >= 15 is 0 Å². The molecule has 1 aromatic heterocycles. The zero-order valence-electron chi connectivity index (χ0n) is 13.7. The van der Waals surface area contributed by atoms with E-state index in [1.807, 2.05) is 18.2 Å². The molecule has 0 spiro atoms. The number of aromatic nitrogens is 3. The van der Waals surface area contributed by atoms with Crippen molar-refractivity contribution < 1.29 is 13.2 Å². The number of benzene rings is 2. The number of hydrogen-bond acceptors (Lipinski definition) is 3. The van der Waals surface area contributed by atoms with Crippen LogP contribution in [0.15, 0.2) is 54.9 Å². The number of alkyl halides is 3. The van der Waals surface area contributed by atoms with Gasteiger partial charge in [-0.25, -0.2) is 9.67 Å². The highest BCUT2D eigenvalue weighted by molar-refractivity contribution is 7.80. The molecule has 3 aromatic rings. The molecule has 10 heteroatoms. The largest absolute Gasteiger partial charge is 0.416 e. The average Bonchev–Trinajstić information content (AvgIpc) is 3.01. The van der Waals surface area contributed by atoms with Crippen LogP contribution < -0.4 is 10.6 Å². The van der Waals surface area contributed by atoms with Gasteiger partial charge in [0.05, 0.1) is 12.1 Å². The standard InChI is InChI=1S/C17H13ClF3N5S/c18-13-5-1-3-11(7-13)9-26-10-22-15(25-26)24-16(27)23-14-6-2-4-12(8-14)17(19,20)21/h1-8,10H,9H2,(H2,23,24,25,27). The number of anilines is 2. The highest BCUT2D eigenvalue weighted by Gasteiger charge is 2.30. The zero-order chi connectivity index (χ0) is 19.4. The van der Waals surface area contributed by atoms with Gasteiger partial charge in [-0.15, -0.1) is 5.10 Å². The summed E-state index contributed by atoms with van der Waals surface area (Å²) in [6, 6.07) is 12.1. The molecule has 27 heavy (non-hydrogen) atoms. The molecular weight excluding hydrogens is 399 g/mol. The third kappa shape index (κ3) is 5.41. The van der Waals surface area contributed by atoms with E-state index in [9.17, 15) is 13.2 Å². The Labute approximate surface area is 163 Å². The molecule has 2 N–H and O–H groups in total. The van der Waals surface area contributed by atoms with Crippen LogP contribution in [0.3, 0.4) is 0 Å². The van der Waals surface area contributed by atoms with Crippen molar-refractivity contribution in [3.05, 3.63) is 71.0 Å². The molecule has 0 aliphatic heterocycles. The topological polar surface area (TPSA) is 54.8 Å². The van der Waals surface area contributed by atoms with Gasteiger partial charge in [0.1, 0.15) is 6.33 Å². The summed E-state index contributed by atoms with van der Waals surface area (Å²) in [7, 11) is 0. The van der Waals surface area contributed by atoms with Crippen LogP contribution in [0.2, 0.25) is 5.02 Å². The van der Waals surface area contributed by atoms with E-state index in [1.54, 1.807) is 10.7 Å². The first-order valence-electron chi connectivity index (χ1n) is 7.69. The molecular formula is C17H13ClF3N5S. The smallest absolute Gasteiger partial charge is 0.332 e. The van der Waals surface area contributed by atoms with Crippen LogP contribution in [-0.4, -0.2) is 19.9 Å². The molecule has 0 aliphatic carbocycles. The van der Waals surface area contributed by atoms with Gasteiger partial charge in [-0.05, 0) is 48.1 Å². The van der Waals surface area contributed by atoms with Crippen LogP contribution >= 0.6 is 23.8 Å². The average molecular weight is 412 g/mol. The fraction of sp³-hybridized carbons (Fsp3) is 0.118. The van der Waals surface area contributed by atoms with Gasteiger partial charge in [0.25, 0.3) is 0 Å². The molecule has 0 atom stereocenters. The van der Waals surface area contributed by atoms with E-state index in [1.165, 1.54) is 18.5 Å². The molecule has 0 fully saturated rings. The molecule has 2 aromatic carbocycles. The predicted molar refractivity (Wildman–Crippen MR) is 102 cm³/mol. The van der Waals surface area contributed by atoms with Crippen molar-refractivity contribution in [2.24, 2.45) is 0 Å². The third-order valence-electron chi connectivity index (χ3n) is 3.44. The Morgan fingerprint density at radius 3 is 2.63 bits per heavy atom. The second kappa shape index (κ2) is 7.93. The maximum atomic E-state index is 12.8. The van der Waals surface area contributed by atoms with Gasteiger partial charge in [-0.3, -0.25) is 5.32 Å². The Morgan fingerprint density at radius 1 is 1.11 bits per heavy atom. The first kappa shape index (κ1) is 19.1. The summed E-state index contributed by atoms with van der Waals surface area (Å²) in [5, 5.41) is 10.3. The van der Waals surface area contributed by atoms with E-state index in [0.29, 0.717) is 11.6 Å². The first-order chi connectivity index (χ1) is 12.8. The van der Waals surface area contributed by atoms with Crippen molar-refractivity contribution in [1.82, 2.24) is 14.8 Å². The normalized spacial score (nSPS) is 11.3. The van der Waals surface area contributed by atoms with Crippen LogP contribution in [0.4, 0.5) is 24.8 Å². The Hall–Kier alpha value is -2.65. The Bertz CT molecular complexity index is 957. The van der Waals surface area contributed by atoms with E-state index < -0.39 is 11.7 Å². The summed E-state index contributed by atoms with van der Waals surface area (Å²) in [6.07, 6.45) is -2.91. The third-order valence-corrected chi connectivity index (χ3v) is 3.88. The van der Waals surface area contributed by atoms with Crippen LogP contribution in [0.1, 0.15) is 11.1 Å². The number of nitrogens with one attached hydrogen (secondary N) is 2. The summed E-state index contributed by atoms with van der Waals surface area (Å²) in [5.41, 5.74) is 0.392. The minimum absolute atomic E-state index is 0.0785. The lowest BCUT2D eigenvalue weighted by Gasteiger charge is -2.11. The molecule has 0 saturated heterocycles. The van der Waals surface area contributed by atoms with E-state index in [-0.39, 0.29) is 16.7 Å². The summed E-state index contributed by atoms with van der Waals surface area (Å²) in [4.78, 5) is 4.07. The maximum absolute atomic E-state index is 12.8. The molecule has 1 heterocycles. The van der Waals surface area contributed by atoms with Crippen molar-refractivity contribution in [1.29, 1.82) is 0 Å². The van der Waals surface area contributed by atoms with Gasteiger partial charge in [0, 0.05) is 10.7 Å². The van der Waals surface area contributed by atoms with Gasteiger partial charge in [-0.1, -0.05) is 29.8 Å². The number of thiocarbonyl (C=S) groups is 1. The van der Waals surface area contributed by atoms with Gasteiger partial charge in [0.15, 0.2) is 5.11 Å². The summed E-state index contributed by atoms with van der Waals surface area (Å²) >= 11 is 11.0. The molecule has 0 aliphatic rings. The second-order valence-electron chi connectivity index (χ2n) is 5.55. The van der Waals surface area contributed by atoms with Crippen molar-refractivity contribution in [2.75, 3.05) is 10.6 Å². The molecule has 0 radical (unpaired) electrons.